The molecule has 0 aliphatic heterocycles. The van der Waals surface area contributed by atoms with Crippen LogP contribution in [0, 0.1) is 6.92 Å². The van der Waals surface area contributed by atoms with E-state index >= 15 is 0 Å². The average molecular weight is 175 g/mol. The van der Waals surface area contributed by atoms with Crippen LogP contribution in [0.3, 0.4) is 0 Å². The molecule has 0 spiro atoms. The van der Waals surface area contributed by atoms with E-state index in [1.54, 1.807) is 0 Å². The van der Waals surface area contributed by atoms with E-state index in [1.807, 2.05) is 6.08 Å². The molecule has 0 saturated heterocycles. The third-order valence-electron chi connectivity index (χ3n) is 2.21. The zero-order chi connectivity index (χ0) is 9.68. The Labute approximate surface area is 80.2 Å². The second kappa shape index (κ2) is 4.70. The van der Waals surface area contributed by atoms with Gasteiger partial charge in [-0.2, -0.15) is 0 Å². The highest BCUT2D eigenvalue weighted by atomic mass is 14.7. The van der Waals surface area contributed by atoms with E-state index in [1.165, 1.54) is 17.0 Å². The summed E-state index contributed by atoms with van der Waals surface area (Å²) >= 11 is 0. The predicted molar refractivity (Wildman–Crippen MR) is 57.8 cm³/mol. The summed E-state index contributed by atoms with van der Waals surface area (Å²) in [5.41, 5.74) is 3.85. The van der Waals surface area contributed by atoms with Crippen molar-refractivity contribution in [3.8, 4) is 0 Å². The molecule has 0 aliphatic rings. The smallest absolute Gasteiger partial charge is 0.0152 e. The fraction of sp³-hybridized carbons (Fsp3) is 0.333. The van der Waals surface area contributed by atoms with Gasteiger partial charge in [0.25, 0.3) is 0 Å². The zero-order valence-electron chi connectivity index (χ0n) is 8.43. The van der Waals surface area contributed by atoms with Crippen LogP contribution in [0.1, 0.15) is 24.7 Å². The molecule has 1 heterocycles. The van der Waals surface area contributed by atoms with Gasteiger partial charge in [-0.25, -0.2) is 0 Å². The molecule has 0 aromatic carbocycles. The van der Waals surface area contributed by atoms with E-state index in [-0.39, 0.29) is 0 Å². The van der Waals surface area contributed by atoms with Crippen molar-refractivity contribution in [1.82, 2.24) is 4.98 Å². The maximum absolute atomic E-state index is 3.77. The standard InChI is InChI=1S/C12H17N/c1-4-11(5-2)7-9-12-8-6-10(3)13-12/h4-6,8,13H,1,7,9H2,2-3H3/b11-5-. The van der Waals surface area contributed by atoms with Gasteiger partial charge >= 0.3 is 0 Å². The molecule has 0 atom stereocenters. The molecule has 0 radical (unpaired) electrons. The summed E-state index contributed by atoms with van der Waals surface area (Å²) in [5.74, 6) is 0. The van der Waals surface area contributed by atoms with Gasteiger partial charge in [0.1, 0.15) is 0 Å². The average Bonchev–Trinajstić information content (AvgIpc) is 2.53. The number of H-pyrrole nitrogens is 1. The van der Waals surface area contributed by atoms with Crippen LogP contribution in [0.4, 0.5) is 0 Å². The van der Waals surface area contributed by atoms with E-state index in [2.05, 4.69) is 43.6 Å². The monoisotopic (exact) mass is 175 g/mol. The lowest BCUT2D eigenvalue weighted by Crippen LogP contribution is -1.87. The number of hydrogen-bond acceptors (Lipinski definition) is 0. The highest BCUT2D eigenvalue weighted by molar-refractivity contribution is 5.18. The van der Waals surface area contributed by atoms with Crippen LogP contribution >= 0.6 is 0 Å². The van der Waals surface area contributed by atoms with Crippen LogP contribution in [0.25, 0.3) is 0 Å². The second-order valence-corrected chi connectivity index (χ2v) is 3.23. The molecule has 0 saturated carbocycles. The highest BCUT2D eigenvalue weighted by Crippen LogP contribution is 2.09. The molecular weight excluding hydrogens is 158 g/mol. The first-order valence-corrected chi connectivity index (χ1v) is 4.68. The fourth-order valence-corrected chi connectivity index (χ4v) is 1.35. The van der Waals surface area contributed by atoms with Crippen LogP contribution in [0.5, 0.6) is 0 Å². The summed E-state index contributed by atoms with van der Waals surface area (Å²) in [6.45, 7) is 7.90. The molecule has 0 bridgehead atoms. The fourth-order valence-electron chi connectivity index (χ4n) is 1.35. The molecule has 70 valence electrons. The minimum atomic E-state index is 1.07. The van der Waals surface area contributed by atoms with Gasteiger partial charge in [-0.15, -0.1) is 0 Å². The van der Waals surface area contributed by atoms with E-state index in [0.29, 0.717) is 0 Å². The Bertz CT molecular complexity index is 305. The summed E-state index contributed by atoms with van der Waals surface area (Å²) in [7, 11) is 0. The number of aromatic amines is 1. The van der Waals surface area contributed by atoms with E-state index in [9.17, 15) is 0 Å². The van der Waals surface area contributed by atoms with Crippen LogP contribution in [-0.4, -0.2) is 4.98 Å². The first-order chi connectivity index (χ1) is 6.26. The van der Waals surface area contributed by atoms with Crippen molar-refractivity contribution in [2.75, 3.05) is 0 Å². The molecule has 1 rings (SSSR count). The van der Waals surface area contributed by atoms with Crippen molar-refractivity contribution < 1.29 is 0 Å². The normalized spacial score (nSPS) is 11.7. The number of nitrogens with one attached hydrogen (secondary N) is 1. The minimum absolute atomic E-state index is 1.07. The Morgan fingerprint density at radius 1 is 1.54 bits per heavy atom. The van der Waals surface area contributed by atoms with Crippen LogP contribution < -0.4 is 0 Å². The van der Waals surface area contributed by atoms with Gasteiger partial charge in [-0.1, -0.05) is 24.3 Å². The number of aromatic nitrogens is 1. The maximum Gasteiger partial charge on any atom is 0.0152 e. The van der Waals surface area contributed by atoms with Crippen molar-refractivity contribution in [1.29, 1.82) is 0 Å². The zero-order valence-corrected chi connectivity index (χ0v) is 8.43. The lowest BCUT2D eigenvalue weighted by atomic mass is 10.1. The lowest BCUT2D eigenvalue weighted by Gasteiger charge is -1.99. The second-order valence-electron chi connectivity index (χ2n) is 3.23. The minimum Gasteiger partial charge on any atom is -0.362 e. The Morgan fingerprint density at radius 2 is 2.31 bits per heavy atom. The van der Waals surface area contributed by atoms with Crippen molar-refractivity contribution in [2.24, 2.45) is 0 Å². The van der Waals surface area contributed by atoms with Crippen molar-refractivity contribution in [3.05, 3.63) is 47.8 Å². The highest BCUT2D eigenvalue weighted by Gasteiger charge is 1.96. The van der Waals surface area contributed by atoms with Gasteiger partial charge in [-0.3, -0.25) is 0 Å². The van der Waals surface area contributed by atoms with Gasteiger partial charge in [0.2, 0.25) is 0 Å². The quantitative estimate of drug-likeness (QED) is 0.675. The lowest BCUT2D eigenvalue weighted by molar-refractivity contribution is 0.922. The third-order valence-corrected chi connectivity index (χ3v) is 2.21. The number of allylic oxidation sites excluding steroid dienone is 3. The molecule has 1 heteroatoms. The predicted octanol–water partition coefficient (Wildman–Crippen LogP) is 3.39. The van der Waals surface area contributed by atoms with Gasteiger partial charge < -0.3 is 4.98 Å². The Kier molecular flexibility index (Phi) is 3.56. The van der Waals surface area contributed by atoms with Gasteiger partial charge in [-0.05, 0) is 38.8 Å². The summed E-state index contributed by atoms with van der Waals surface area (Å²) in [4.78, 5) is 3.32. The molecule has 1 aromatic heterocycles. The van der Waals surface area contributed by atoms with Crippen molar-refractivity contribution in [2.45, 2.75) is 26.7 Å². The Morgan fingerprint density at radius 3 is 2.77 bits per heavy atom. The van der Waals surface area contributed by atoms with Crippen molar-refractivity contribution >= 4 is 0 Å². The summed E-state index contributed by atoms with van der Waals surface area (Å²) in [5, 5.41) is 0. The third kappa shape index (κ3) is 2.94. The summed E-state index contributed by atoms with van der Waals surface area (Å²) < 4.78 is 0. The van der Waals surface area contributed by atoms with Crippen molar-refractivity contribution in [3.63, 3.8) is 0 Å². The Hall–Kier alpha value is -1.24. The molecule has 0 unspecified atom stereocenters. The molecule has 1 aromatic rings. The topological polar surface area (TPSA) is 15.8 Å². The molecule has 1 N–H and O–H groups in total. The van der Waals surface area contributed by atoms with Crippen LogP contribution in [0.2, 0.25) is 0 Å². The van der Waals surface area contributed by atoms with Gasteiger partial charge in [0.15, 0.2) is 0 Å². The van der Waals surface area contributed by atoms with E-state index in [4.69, 9.17) is 0 Å². The molecule has 0 aliphatic carbocycles. The van der Waals surface area contributed by atoms with Gasteiger partial charge in [0, 0.05) is 11.4 Å². The number of aryl methyl sites for hydroxylation is 2. The molecule has 0 fully saturated rings. The first-order valence-electron chi connectivity index (χ1n) is 4.68. The maximum atomic E-state index is 3.77. The number of hydrogen-bond donors (Lipinski definition) is 1. The summed E-state index contributed by atoms with van der Waals surface area (Å²) in [6.07, 6.45) is 6.18. The Balaban J connectivity index is 2.47. The molecule has 0 amide bonds. The van der Waals surface area contributed by atoms with Gasteiger partial charge in [0.05, 0.1) is 0 Å². The number of rotatable bonds is 4. The van der Waals surface area contributed by atoms with E-state index < -0.39 is 0 Å². The SMILES string of the molecule is C=C/C(=C/C)CCc1ccc(C)[nH]1. The molecule has 13 heavy (non-hydrogen) atoms. The molecule has 1 nitrogen and oxygen atoms in total. The summed E-state index contributed by atoms with van der Waals surface area (Å²) in [6, 6.07) is 4.25. The van der Waals surface area contributed by atoms with Crippen LogP contribution in [-0.2, 0) is 6.42 Å². The molecular formula is C12H17N. The van der Waals surface area contributed by atoms with E-state index in [0.717, 1.165) is 12.8 Å². The largest absolute Gasteiger partial charge is 0.362 e. The first kappa shape index (κ1) is 9.85. The van der Waals surface area contributed by atoms with Crippen LogP contribution in [0.15, 0.2) is 36.4 Å².